The van der Waals surface area contributed by atoms with Crippen LogP contribution in [0, 0.1) is 0 Å². The van der Waals surface area contributed by atoms with Crippen molar-refractivity contribution in [1.82, 2.24) is 0 Å². The summed E-state index contributed by atoms with van der Waals surface area (Å²) in [4.78, 5) is 10.1. The average Bonchev–Trinajstić information content (AvgIpc) is 2.65. The molecule has 0 radical (unpaired) electrons. The third-order valence-electron chi connectivity index (χ3n) is 4.55. The van der Waals surface area contributed by atoms with Gasteiger partial charge in [-0.1, -0.05) is 13.8 Å². The van der Waals surface area contributed by atoms with E-state index in [1.807, 2.05) is 0 Å². The first-order valence-corrected chi connectivity index (χ1v) is 9.20. The van der Waals surface area contributed by atoms with Gasteiger partial charge in [0.15, 0.2) is 5.34 Å². The van der Waals surface area contributed by atoms with E-state index in [1.165, 1.54) is 14.8 Å². The summed E-state index contributed by atoms with van der Waals surface area (Å²) in [6.45, 7) is 6.16. The minimum atomic E-state index is -4.32. The van der Waals surface area contributed by atoms with Gasteiger partial charge in [-0.25, -0.2) is 4.39 Å². The molecule has 0 bridgehead atoms. The van der Waals surface area contributed by atoms with Gasteiger partial charge in [-0.05, 0) is 26.7 Å². The molecule has 1 saturated heterocycles. The number of aliphatic hydroxyl groups is 2. The molecule has 0 saturated carbocycles. The van der Waals surface area contributed by atoms with Crippen molar-refractivity contribution in [3.05, 3.63) is 0 Å². The lowest BCUT2D eigenvalue weighted by Gasteiger charge is -2.37. The molecule has 130 valence electrons. The number of alkyl halides is 1. The Hall–Kier alpha value is 0.0249. The smallest absolute Gasteiger partial charge is 0.359 e. The van der Waals surface area contributed by atoms with Gasteiger partial charge in [-0.3, -0.25) is 4.57 Å². The fraction of sp³-hybridized carbons (Fsp3) is 1.00. The Morgan fingerprint density at radius 1 is 1.36 bits per heavy atom. The van der Waals surface area contributed by atoms with Gasteiger partial charge >= 0.3 is 7.60 Å². The summed E-state index contributed by atoms with van der Waals surface area (Å²) in [6.07, 6.45) is -3.16. The molecule has 9 heteroatoms. The van der Waals surface area contributed by atoms with E-state index in [9.17, 15) is 24.1 Å². The van der Waals surface area contributed by atoms with Crippen molar-refractivity contribution >= 4 is 15.4 Å². The van der Waals surface area contributed by atoms with Crippen molar-refractivity contribution in [3.8, 4) is 0 Å². The first-order chi connectivity index (χ1) is 9.89. The Morgan fingerprint density at radius 2 is 1.91 bits per heavy atom. The lowest BCUT2D eigenvalue weighted by atomic mass is 9.90. The first kappa shape index (κ1) is 20.1. The SMILES string of the molecule is B[C@@H]1O[C@H](CC(C)(CC)OP(=O)(O)C(C)(O)CC)C(O)[C@H]1F. The molecule has 1 rings (SSSR count). The normalized spacial score (nSPS) is 37.3. The molecule has 0 aromatic heterocycles. The molecule has 7 atom stereocenters. The molecule has 1 heterocycles. The topological polar surface area (TPSA) is 96.2 Å². The Labute approximate surface area is 132 Å². The van der Waals surface area contributed by atoms with E-state index in [0.29, 0.717) is 6.42 Å². The van der Waals surface area contributed by atoms with Gasteiger partial charge < -0.3 is 24.4 Å². The maximum absolute atomic E-state index is 13.7. The lowest BCUT2D eigenvalue weighted by Crippen LogP contribution is -2.39. The summed E-state index contributed by atoms with van der Waals surface area (Å²) in [5.41, 5.74) is -1.13. The zero-order valence-electron chi connectivity index (χ0n) is 13.8. The Kier molecular flexibility index (Phi) is 6.27. The van der Waals surface area contributed by atoms with Crippen LogP contribution in [0.5, 0.6) is 0 Å². The van der Waals surface area contributed by atoms with Crippen LogP contribution < -0.4 is 0 Å². The molecule has 3 N–H and O–H groups in total. The van der Waals surface area contributed by atoms with Crippen LogP contribution in [-0.2, 0) is 13.8 Å². The van der Waals surface area contributed by atoms with Crippen molar-refractivity contribution in [2.45, 2.75) is 82.3 Å². The molecule has 1 aliphatic heterocycles. The lowest BCUT2D eigenvalue weighted by molar-refractivity contribution is -0.0433. The zero-order chi connectivity index (χ0) is 17.3. The van der Waals surface area contributed by atoms with Gasteiger partial charge in [0.25, 0.3) is 0 Å². The Balaban J connectivity index is 2.87. The predicted octanol–water partition coefficient (Wildman–Crippen LogP) is 0.923. The largest absolute Gasteiger partial charge is 0.387 e. The molecule has 0 amide bonds. The van der Waals surface area contributed by atoms with Crippen LogP contribution in [0.15, 0.2) is 0 Å². The van der Waals surface area contributed by atoms with Gasteiger partial charge in [0.2, 0.25) is 0 Å². The highest BCUT2D eigenvalue weighted by Gasteiger charge is 2.49. The summed E-state index contributed by atoms with van der Waals surface area (Å²) in [5.74, 6) is 0. The van der Waals surface area contributed by atoms with Crippen LogP contribution in [-0.4, -0.2) is 58.3 Å². The molecule has 6 nitrogen and oxygen atoms in total. The predicted molar refractivity (Wildman–Crippen MR) is 83.2 cm³/mol. The minimum Gasteiger partial charge on any atom is -0.387 e. The van der Waals surface area contributed by atoms with E-state index in [0.717, 1.165) is 0 Å². The van der Waals surface area contributed by atoms with Crippen LogP contribution in [0.25, 0.3) is 0 Å². The maximum atomic E-state index is 13.7. The minimum absolute atomic E-state index is 0.0483. The number of aliphatic hydroxyl groups excluding tert-OH is 1. The third-order valence-corrected chi connectivity index (χ3v) is 6.77. The summed E-state index contributed by atoms with van der Waals surface area (Å²) in [6, 6.07) is -0.735. The van der Waals surface area contributed by atoms with Crippen molar-refractivity contribution < 1.29 is 33.3 Å². The Morgan fingerprint density at radius 3 is 2.27 bits per heavy atom. The highest BCUT2D eigenvalue weighted by Crippen LogP contribution is 2.59. The summed E-state index contributed by atoms with van der Waals surface area (Å²) >= 11 is 0. The van der Waals surface area contributed by atoms with Gasteiger partial charge in [0, 0.05) is 6.42 Å². The van der Waals surface area contributed by atoms with E-state index in [2.05, 4.69) is 0 Å². The van der Waals surface area contributed by atoms with Crippen molar-refractivity contribution in [2.24, 2.45) is 0 Å². The van der Waals surface area contributed by atoms with Crippen LogP contribution >= 0.6 is 7.60 Å². The molecule has 0 aromatic rings. The molecule has 0 aromatic carbocycles. The highest BCUT2D eigenvalue weighted by atomic mass is 31.2. The van der Waals surface area contributed by atoms with E-state index in [1.54, 1.807) is 20.8 Å². The van der Waals surface area contributed by atoms with E-state index >= 15 is 0 Å². The number of hydrogen-bond donors (Lipinski definition) is 3. The first-order valence-electron chi connectivity index (χ1n) is 7.62. The van der Waals surface area contributed by atoms with E-state index < -0.39 is 42.9 Å². The second-order valence-electron chi connectivity index (χ2n) is 6.50. The molecule has 0 spiro atoms. The number of halogens is 1. The second kappa shape index (κ2) is 6.87. The fourth-order valence-electron chi connectivity index (χ4n) is 2.35. The van der Waals surface area contributed by atoms with Crippen molar-refractivity contribution in [1.29, 1.82) is 0 Å². The fourth-order valence-corrected chi connectivity index (χ4v) is 3.75. The van der Waals surface area contributed by atoms with Crippen molar-refractivity contribution in [3.63, 3.8) is 0 Å². The van der Waals surface area contributed by atoms with E-state index in [4.69, 9.17) is 9.26 Å². The van der Waals surface area contributed by atoms with Crippen LogP contribution in [0.1, 0.15) is 47.0 Å². The van der Waals surface area contributed by atoms with E-state index in [-0.39, 0.29) is 12.8 Å². The molecule has 4 unspecified atom stereocenters. The molecule has 1 aliphatic rings. The Bertz CT molecular complexity index is 437. The highest BCUT2D eigenvalue weighted by molar-refractivity contribution is 7.54. The number of ether oxygens (including phenoxy) is 1. The molecule has 22 heavy (non-hydrogen) atoms. The molecular weight excluding hydrogens is 313 g/mol. The number of rotatable bonds is 7. The van der Waals surface area contributed by atoms with Crippen LogP contribution in [0.4, 0.5) is 4.39 Å². The monoisotopic (exact) mass is 340 g/mol. The van der Waals surface area contributed by atoms with Gasteiger partial charge in [-0.2, -0.15) is 0 Å². The quantitative estimate of drug-likeness (QED) is 0.471. The summed E-state index contributed by atoms with van der Waals surface area (Å²) in [5, 5.41) is 18.0. The van der Waals surface area contributed by atoms with Gasteiger partial charge in [0.1, 0.15) is 20.1 Å². The zero-order valence-corrected chi connectivity index (χ0v) is 14.7. The average molecular weight is 340 g/mol. The van der Waals surface area contributed by atoms with Crippen molar-refractivity contribution in [2.75, 3.05) is 0 Å². The molecule has 1 fully saturated rings. The van der Waals surface area contributed by atoms with Crippen LogP contribution in [0.2, 0.25) is 0 Å². The summed E-state index contributed by atoms with van der Waals surface area (Å²) in [7, 11) is -2.79. The maximum Gasteiger partial charge on any atom is 0.359 e. The summed E-state index contributed by atoms with van der Waals surface area (Å²) < 4.78 is 36.7. The standard InChI is InChI=1S/C13H27BFO6P/c1-5-12(3,21-22(18,19)13(4,17)6-2)7-8-10(16)9(15)11(14)20-8/h8-11,16-17H,5-7,14H2,1-4H3,(H,18,19)/t8-,9-,10?,11-,12?,13?/m1/s1. The van der Waals surface area contributed by atoms with Gasteiger partial charge in [0.05, 0.1) is 17.7 Å². The van der Waals surface area contributed by atoms with Crippen LogP contribution in [0.3, 0.4) is 0 Å². The molecular formula is C13H27BFO6P. The second-order valence-corrected chi connectivity index (χ2v) is 8.69. The number of hydrogen-bond acceptors (Lipinski definition) is 5. The molecule has 0 aliphatic carbocycles. The third kappa shape index (κ3) is 4.10. The van der Waals surface area contributed by atoms with Gasteiger partial charge in [-0.15, -0.1) is 0 Å².